The summed E-state index contributed by atoms with van der Waals surface area (Å²) in [5, 5.41) is 12.0. The second kappa shape index (κ2) is 8.00. The lowest BCUT2D eigenvalue weighted by atomic mass is 9.50. The molecule has 7 nitrogen and oxygen atoms in total. The van der Waals surface area contributed by atoms with Gasteiger partial charge in [0, 0.05) is 12.4 Å². The molecule has 0 spiro atoms. The first-order valence-corrected chi connectivity index (χ1v) is 10.8. The number of alkyl halides is 3. The average molecular weight is 461 g/mol. The number of hydrogen-bond donors (Lipinski definition) is 1. The van der Waals surface area contributed by atoms with Crippen molar-refractivity contribution in [2.45, 2.75) is 57.8 Å². The van der Waals surface area contributed by atoms with E-state index < -0.39 is 29.6 Å². The van der Waals surface area contributed by atoms with Crippen LogP contribution in [0.3, 0.4) is 0 Å². The van der Waals surface area contributed by atoms with Crippen LogP contribution in [0, 0.1) is 19.8 Å². The molecule has 1 heterocycles. The number of hydrogen-bond acceptors (Lipinski definition) is 4. The number of rotatable bonds is 7. The van der Waals surface area contributed by atoms with E-state index in [9.17, 15) is 22.8 Å². The summed E-state index contributed by atoms with van der Waals surface area (Å²) in [7, 11) is 0. The first-order chi connectivity index (χ1) is 15.4. The smallest absolute Gasteiger partial charge is 0.348 e. The monoisotopic (exact) mass is 461 g/mol. The van der Waals surface area contributed by atoms with E-state index in [1.807, 2.05) is 11.6 Å². The van der Waals surface area contributed by atoms with Gasteiger partial charge >= 0.3 is 6.18 Å². The third kappa shape index (κ3) is 4.02. The van der Waals surface area contributed by atoms with Gasteiger partial charge in [-0.05, 0) is 63.6 Å². The zero-order valence-electron chi connectivity index (χ0n) is 18.7. The predicted molar refractivity (Wildman–Crippen MR) is 116 cm³/mol. The van der Waals surface area contributed by atoms with Crippen LogP contribution in [0.4, 0.5) is 13.2 Å². The molecule has 2 bridgehead atoms. The molecule has 0 unspecified atom stereocenters. The summed E-state index contributed by atoms with van der Waals surface area (Å²) in [6, 6.07) is 4.00. The van der Waals surface area contributed by atoms with Gasteiger partial charge in [-0.25, -0.2) is 5.01 Å². The lowest BCUT2D eigenvalue weighted by Crippen LogP contribution is -2.60. The number of aryl methyl sites for hydroxylation is 1. The maximum Gasteiger partial charge on any atom is 0.416 e. The SMILES string of the molecule is C=NN(CC(=O)N[C@@H](C)c1ccc(C(F)(F)F)cc1)C(=O)c1c(C)nn(C23CC(C2)C3)c1C. The minimum absolute atomic E-state index is 0.0267. The summed E-state index contributed by atoms with van der Waals surface area (Å²) in [4.78, 5) is 25.7. The number of nitrogens with zero attached hydrogens (tertiary/aromatic N) is 4. The number of halogens is 3. The van der Waals surface area contributed by atoms with E-state index in [1.54, 1.807) is 13.8 Å². The maximum absolute atomic E-state index is 13.2. The summed E-state index contributed by atoms with van der Waals surface area (Å²) in [6.45, 7) is 8.31. The van der Waals surface area contributed by atoms with E-state index in [1.165, 1.54) is 12.1 Å². The van der Waals surface area contributed by atoms with Crippen molar-refractivity contribution in [3.05, 3.63) is 52.3 Å². The minimum atomic E-state index is -4.43. The van der Waals surface area contributed by atoms with Gasteiger partial charge in [0.05, 0.1) is 28.4 Å². The van der Waals surface area contributed by atoms with Gasteiger partial charge in [-0.15, -0.1) is 0 Å². The van der Waals surface area contributed by atoms with Gasteiger partial charge < -0.3 is 5.32 Å². The van der Waals surface area contributed by atoms with Crippen LogP contribution in [0.1, 0.15) is 65.1 Å². The molecule has 10 heteroatoms. The van der Waals surface area contributed by atoms with E-state index in [-0.39, 0.29) is 12.1 Å². The van der Waals surface area contributed by atoms with Crippen LogP contribution in [0.25, 0.3) is 0 Å². The second-order valence-corrected chi connectivity index (χ2v) is 9.07. The van der Waals surface area contributed by atoms with Crippen LogP contribution in [0.15, 0.2) is 29.4 Å². The van der Waals surface area contributed by atoms with Crippen LogP contribution in [-0.4, -0.2) is 39.9 Å². The van der Waals surface area contributed by atoms with Crippen molar-refractivity contribution in [1.29, 1.82) is 0 Å². The Morgan fingerprint density at radius 3 is 2.36 bits per heavy atom. The third-order valence-corrected chi connectivity index (χ3v) is 6.77. The van der Waals surface area contributed by atoms with Gasteiger partial charge in [0.2, 0.25) is 5.91 Å². The Morgan fingerprint density at radius 1 is 1.27 bits per heavy atom. The molecular weight excluding hydrogens is 435 g/mol. The predicted octanol–water partition coefficient (Wildman–Crippen LogP) is 3.96. The van der Waals surface area contributed by atoms with Gasteiger partial charge in [0.25, 0.3) is 5.91 Å². The molecule has 176 valence electrons. The highest BCUT2D eigenvalue weighted by atomic mass is 19.4. The number of nitrogens with one attached hydrogen (secondary N) is 1. The molecule has 3 saturated carbocycles. The Bertz CT molecular complexity index is 1090. The maximum atomic E-state index is 13.2. The average Bonchev–Trinajstić information content (AvgIpc) is 2.96. The number of aromatic nitrogens is 2. The van der Waals surface area contributed by atoms with Crippen molar-refractivity contribution in [2.75, 3.05) is 6.54 Å². The summed E-state index contributed by atoms with van der Waals surface area (Å²) in [5.74, 6) is -0.213. The number of amides is 2. The molecule has 1 atom stereocenters. The topological polar surface area (TPSA) is 79.6 Å². The second-order valence-electron chi connectivity index (χ2n) is 9.07. The van der Waals surface area contributed by atoms with Crippen molar-refractivity contribution in [3.8, 4) is 0 Å². The first kappa shape index (κ1) is 23.0. The fourth-order valence-electron chi connectivity index (χ4n) is 4.89. The standard InChI is InChI=1S/C23H26F3N5O2/c1-13(17-5-7-18(8-6-17)23(24,25)26)28-19(32)12-30(27-4)21(33)20-14(2)29-31(15(20)3)22-9-16(10-22)11-22/h5-8,13,16H,4,9-12H2,1-3H3,(H,28,32)/t13-,16?,22?/m0/s1. The zero-order valence-corrected chi connectivity index (χ0v) is 18.7. The molecule has 0 saturated heterocycles. The Balaban J connectivity index is 1.42. The Morgan fingerprint density at radius 2 is 1.88 bits per heavy atom. The Hall–Kier alpha value is -3.17. The molecule has 5 rings (SSSR count). The van der Waals surface area contributed by atoms with Gasteiger partial charge in [-0.2, -0.15) is 23.4 Å². The highest BCUT2D eigenvalue weighted by Crippen LogP contribution is 2.62. The van der Waals surface area contributed by atoms with Crippen LogP contribution in [0.2, 0.25) is 0 Å². The van der Waals surface area contributed by atoms with E-state index in [0.717, 1.165) is 48.0 Å². The molecule has 2 aromatic rings. The molecule has 1 aromatic carbocycles. The highest BCUT2D eigenvalue weighted by Gasteiger charge is 2.59. The quantitative estimate of drug-likeness (QED) is 0.501. The van der Waals surface area contributed by atoms with Gasteiger partial charge in [-0.1, -0.05) is 12.1 Å². The molecular formula is C23H26F3N5O2. The van der Waals surface area contributed by atoms with E-state index in [0.29, 0.717) is 16.8 Å². The normalized spacial score (nSPS) is 22.1. The molecule has 0 radical (unpaired) electrons. The molecule has 3 fully saturated rings. The van der Waals surface area contributed by atoms with Gasteiger partial charge in [-0.3, -0.25) is 14.3 Å². The largest absolute Gasteiger partial charge is 0.416 e. The van der Waals surface area contributed by atoms with Gasteiger partial charge in [0.15, 0.2) is 0 Å². The molecule has 3 aliphatic rings. The number of carbonyl (C=O) groups is 2. The van der Waals surface area contributed by atoms with Crippen LogP contribution < -0.4 is 5.32 Å². The molecule has 3 aliphatic carbocycles. The number of carbonyl (C=O) groups excluding carboxylic acids is 2. The Kier molecular flexibility index (Phi) is 5.58. The highest BCUT2D eigenvalue weighted by molar-refractivity contribution is 5.98. The summed E-state index contributed by atoms with van der Waals surface area (Å²) >= 11 is 0. The molecule has 1 aromatic heterocycles. The number of hydrazone groups is 1. The molecule has 2 amide bonds. The lowest BCUT2D eigenvalue weighted by molar-refractivity contribution is -0.137. The minimum Gasteiger partial charge on any atom is -0.348 e. The van der Waals surface area contributed by atoms with E-state index >= 15 is 0 Å². The van der Waals surface area contributed by atoms with Crippen LogP contribution >= 0.6 is 0 Å². The van der Waals surface area contributed by atoms with E-state index in [2.05, 4.69) is 22.2 Å². The van der Waals surface area contributed by atoms with Crippen molar-refractivity contribution in [2.24, 2.45) is 11.0 Å². The first-order valence-electron chi connectivity index (χ1n) is 10.8. The van der Waals surface area contributed by atoms with E-state index in [4.69, 9.17) is 0 Å². The van der Waals surface area contributed by atoms with Crippen molar-refractivity contribution in [3.63, 3.8) is 0 Å². The lowest BCUT2D eigenvalue weighted by Gasteiger charge is -2.61. The van der Waals surface area contributed by atoms with Crippen molar-refractivity contribution >= 4 is 18.5 Å². The number of benzene rings is 1. The van der Waals surface area contributed by atoms with Crippen molar-refractivity contribution < 1.29 is 22.8 Å². The van der Waals surface area contributed by atoms with Crippen LogP contribution in [0.5, 0.6) is 0 Å². The third-order valence-electron chi connectivity index (χ3n) is 6.77. The molecule has 1 N–H and O–H groups in total. The fourth-order valence-corrected chi connectivity index (χ4v) is 4.89. The van der Waals surface area contributed by atoms with Gasteiger partial charge in [0.1, 0.15) is 6.54 Å². The van der Waals surface area contributed by atoms with Crippen molar-refractivity contribution in [1.82, 2.24) is 20.1 Å². The summed E-state index contributed by atoms with van der Waals surface area (Å²) < 4.78 is 40.2. The fraction of sp³-hybridized carbons (Fsp3) is 0.478. The summed E-state index contributed by atoms with van der Waals surface area (Å²) in [6.07, 6.45) is -1.19. The summed E-state index contributed by atoms with van der Waals surface area (Å²) in [5.41, 5.74) is 1.52. The zero-order chi connectivity index (χ0) is 24.1. The molecule has 0 aliphatic heterocycles. The van der Waals surface area contributed by atoms with Crippen LogP contribution in [-0.2, 0) is 16.5 Å². The molecule has 33 heavy (non-hydrogen) atoms. The Labute approximate surface area is 189 Å².